The Bertz CT molecular complexity index is 429. The molecule has 0 aromatic heterocycles. The number of benzene rings is 1. The highest BCUT2D eigenvalue weighted by molar-refractivity contribution is 5.96. The third-order valence-corrected chi connectivity index (χ3v) is 3.59. The van der Waals surface area contributed by atoms with Crippen LogP contribution in [0.4, 0.5) is 5.69 Å². The van der Waals surface area contributed by atoms with Crippen molar-refractivity contribution in [3.05, 3.63) is 29.3 Å². The predicted octanol–water partition coefficient (Wildman–Crippen LogP) is 3.59. The van der Waals surface area contributed by atoms with E-state index in [1.54, 1.807) is 0 Å². The molecule has 0 aliphatic heterocycles. The van der Waals surface area contributed by atoms with E-state index in [0.717, 1.165) is 29.7 Å². The van der Waals surface area contributed by atoms with Crippen LogP contribution in [0.2, 0.25) is 0 Å². The van der Waals surface area contributed by atoms with Crippen LogP contribution >= 0.6 is 0 Å². The molecule has 0 fully saturated rings. The predicted molar refractivity (Wildman–Crippen MR) is 81.7 cm³/mol. The van der Waals surface area contributed by atoms with Gasteiger partial charge < -0.3 is 10.6 Å². The molecule has 0 heterocycles. The van der Waals surface area contributed by atoms with Gasteiger partial charge in [0.2, 0.25) is 0 Å². The van der Waals surface area contributed by atoms with Gasteiger partial charge >= 0.3 is 0 Å². The Hall–Kier alpha value is -1.51. The van der Waals surface area contributed by atoms with Gasteiger partial charge in [0.1, 0.15) is 0 Å². The molecule has 0 aliphatic carbocycles. The quantitative estimate of drug-likeness (QED) is 0.822. The summed E-state index contributed by atoms with van der Waals surface area (Å²) in [6, 6.07) is 6.02. The van der Waals surface area contributed by atoms with Crippen molar-refractivity contribution in [3.8, 4) is 0 Å². The molecule has 1 rings (SSSR count). The summed E-state index contributed by atoms with van der Waals surface area (Å²) in [4.78, 5) is 12.2. The summed E-state index contributed by atoms with van der Waals surface area (Å²) < 4.78 is 0. The van der Waals surface area contributed by atoms with Crippen molar-refractivity contribution in [2.24, 2.45) is 5.92 Å². The van der Waals surface area contributed by atoms with Crippen molar-refractivity contribution in [2.75, 3.05) is 12.4 Å². The van der Waals surface area contributed by atoms with Crippen molar-refractivity contribution < 1.29 is 4.79 Å². The smallest absolute Gasteiger partial charge is 0.251 e. The van der Waals surface area contributed by atoms with Crippen molar-refractivity contribution in [1.82, 2.24) is 5.32 Å². The van der Waals surface area contributed by atoms with Crippen molar-refractivity contribution >= 4 is 11.6 Å². The lowest BCUT2D eigenvalue weighted by Crippen LogP contribution is -2.34. The number of carbonyl (C=O) groups is 1. The molecule has 106 valence electrons. The van der Waals surface area contributed by atoms with Crippen LogP contribution in [0.3, 0.4) is 0 Å². The average Bonchev–Trinajstić information content (AvgIpc) is 2.37. The van der Waals surface area contributed by atoms with Crippen molar-refractivity contribution in [3.63, 3.8) is 0 Å². The Kier molecular flexibility index (Phi) is 5.87. The Morgan fingerprint density at radius 1 is 1.32 bits per heavy atom. The number of aryl methyl sites for hydroxylation is 1. The van der Waals surface area contributed by atoms with Crippen molar-refractivity contribution in [1.29, 1.82) is 0 Å². The molecule has 2 atom stereocenters. The van der Waals surface area contributed by atoms with Gasteiger partial charge in [0.25, 0.3) is 5.91 Å². The number of carbonyl (C=O) groups excluding carboxylic acids is 1. The van der Waals surface area contributed by atoms with E-state index in [-0.39, 0.29) is 11.9 Å². The zero-order valence-corrected chi connectivity index (χ0v) is 12.7. The van der Waals surface area contributed by atoms with Crippen LogP contribution in [-0.2, 0) is 0 Å². The maximum absolute atomic E-state index is 12.2. The number of nitrogens with one attached hydrogen (secondary N) is 2. The molecule has 1 aromatic carbocycles. The van der Waals surface area contributed by atoms with E-state index in [4.69, 9.17) is 0 Å². The van der Waals surface area contributed by atoms with Gasteiger partial charge in [0.15, 0.2) is 0 Å². The van der Waals surface area contributed by atoms with Gasteiger partial charge in [0, 0.05) is 24.3 Å². The van der Waals surface area contributed by atoms with Crippen LogP contribution in [0.25, 0.3) is 0 Å². The highest BCUT2D eigenvalue weighted by atomic mass is 16.1. The van der Waals surface area contributed by atoms with Gasteiger partial charge in [-0.2, -0.15) is 0 Å². The maximum Gasteiger partial charge on any atom is 0.251 e. The first-order chi connectivity index (χ1) is 8.97. The van der Waals surface area contributed by atoms with Crippen LogP contribution < -0.4 is 10.6 Å². The van der Waals surface area contributed by atoms with Gasteiger partial charge in [-0.3, -0.25) is 4.79 Å². The van der Waals surface area contributed by atoms with E-state index in [9.17, 15) is 4.79 Å². The first kappa shape index (κ1) is 15.5. The molecule has 0 saturated carbocycles. The summed E-state index contributed by atoms with van der Waals surface area (Å²) in [7, 11) is 1.88. The number of rotatable bonds is 6. The molecular formula is C16H26N2O. The molecule has 0 spiro atoms. The Morgan fingerprint density at radius 2 is 2.00 bits per heavy atom. The zero-order chi connectivity index (χ0) is 14.4. The number of hydrogen-bond acceptors (Lipinski definition) is 2. The molecule has 3 heteroatoms. The fraction of sp³-hybridized carbons (Fsp3) is 0.562. The second-order valence-corrected chi connectivity index (χ2v) is 5.40. The van der Waals surface area contributed by atoms with Crippen LogP contribution in [0.15, 0.2) is 18.2 Å². The molecule has 0 bridgehead atoms. The Labute approximate surface area is 116 Å². The summed E-state index contributed by atoms with van der Waals surface area (Å²) in [6.45, 7) is 8.44. The average molecular weight is 262 g/mol. The number of amides is 1. The molecule has 3 nitrogen and oxygen atoms in total. The van der Waals surface area contributed by atoms with E-state index < -0.39 is 0 Å². The molecule has 1 aromatic rings. The summed E-state index contributed by atoms with van der Waals surface area (Å²) in [5.74, 6) is 0.666. The minimum absolute atomic E-state index is 0.0240. The molecule has 1 amide bonds. The lowest BCUT2D eigenvalue weighted by atomic mass is 10.00. The first-order valence-electron chi connectivity index (χ1n) is 7.07. The normalized spacial score (nSPS) is 13.7. The molecule has 0 aliphatic rings. The minimum atomic E-state index is 0.0240. The second kappa shape index (κ2) is 7.17. The van der Waals surface area contributed by atoms with Gasteiger partial charge in [-0.05, 0) is 49.9 Å². The third kappa shape index (κ3) is 4.58. The summed E-state index contributed by atoms with van der Waals surface area (Å²) in [5.41, 5.74) is 2.79. The topological polar surface area (TPSA) is 41.1 Å². The third-order valence-electron chi connectivity index (χ3n) is 3.59. The van der Waals surface area contributed by atoms with Crippen LogP contribution in [0.5, 0.6) is 0 Å². The van der Waals surface area contributed by atoms with Crippen LogP contribution in [0.1, 0.15) is 49.5 Å². The van der Waals surface area contributed by atoms with E-state index >= 15 is 0 Å². The van der Waals surface area contributed by atoms with E-state index in [2.05, 4.69) is 31.4 Å². The zero-order valence-electron chi connectivity index (χ0n) is 12.7. The monoisotopic (exact) mass is 262 g/mol. The van der Waals surface area contributed by atoms with Gasteiger partial charge in [-0.25, -0.2) is 0 Å². The fourth-order valence-corrected chi connectivity index (χ4v) is 2.20. The second-order valence-electron chi connectivity index (χ2n) is 5.40. The van der Waals surface area contributed by atoms with Crippen molar-refractivity contribution in [2.45, 2.75) is 46.6 Å². The number of anilines is 1. The molecule has 0 radical (unpaired) electrons. The Morgan fingerprint density at radius 3 is 2.53 bits per heavy atom. The Balaban J connectivity index is 2.68. The molecule has 2 N–H and O–H groups in total. The van der Waals surface area contributed by atoms with Gasteiger partial charge in [-0.15, -0.1) is 0 Å². The first-order valence-corrected chi connectivity index (χ1v) is 7.07. The largest absolute Gasteiger partial charge is 0.388 e. The minimum Gasteiger partial charge on any atom is -0.388 e. The van der Waals surface area contributed by atoms with E-state index in [1.165, 1.54) is 0 Å². The van der Waals surface area contributed by atoms with Gasteiger partial charge in [-0.1, -0.05) is 20.3 Å². The molecule has 19 heavy (non-hydrogen) atoms. The summed E-state index contributed by atoms with van der Waals surface area (Å²) >= 11 is 0. The lowest BCUT2D eigenvalue weighted by molar-refractivity contribution is 0.0935. The highest BCUT2D eigenvalue weighted by Crippen LogP contribution is 2.15. The van der Waals surface area contributed by atoms with Crippen LogP contribution in [-0.4, -0.2) is 19.0 Å². The lowest BCUT2D eigenvalue weighted by Gasteiger charge is -2.18. The molecule has 2 unspecified atom stereocenters. The van der Waals surface area contributed by atoms with Crippen LogP contribution in [0, 0.1) is 12.8 Å². The number of hydrogen-bond donors (Lipinski definition) is 2. The maximum atomic E-state index is 12.2. The highest BCUT2D eigenvalue weighted by Gasteiger charge is 2.13. The standard InChI is InChI=1S/C16H26N2O/c1-6-11(2)9-13(4)18-16(19)15-8-7-14(17-5)10-12(15)3/h7-8,10-11,13,17H,6,9H2,1-5H3,(H,18,19). The fourth-order valence-electron chi connectivity index (χ4n) is 2.20. The molecule has 0 saturated heterocycles. The molecular weight excluding hydrogens is 236 g/mol. The van der Waals surface area contributed by atoms with E-state index in [1.807, 2.05) is 32.2 Å². The summed E-state index contributed by atoms with van der Waals surface area (Å²) in [6.07, 6.45) is 2.17. The van der Waals surface area contributed by atoms with E-state index in [0.29, 0.717) is 5.92 Å². The van der Waals surface area contributed by atoms with Gasteiger partial charge in [0.05, 0.1) is 0 Å². The summed E-state index contributed by atoms with van der Waals surface area (Å²) in [5, 5.41) is 6.16. The SMILES string of the molecule is CCC(C)CC(C)NC(=O)c1ccc(NC)cc1C.